The first-order chi connectivity index (χ1) is 11.4. The molecule has 2 heterocycles. The maximum absolute atomic E-state index is 12.6. The normalized spacial score (nSPS) is 11.2. The smallest absolute Gasteiger partial charge is 0.306 e. The molecule has 0 fully saturated rings. The molecule has 0 atom stereocenters. The average molecular weight is 332 g/mol. The fourth-order valence-electron chi connectivity index (χ4n) is 2.02. The molecular formula is C14H7F3N6O. The van der Waals surface area contributed by atoms with Crippen LogP contribution in [-0.4, -0.2) is 25.4 Å². The van der Waals surface area contributed by atoms with Gasteiger partial charge in [-0.3, -0.25) is 4.79 Å². The van der Waals surface area contributed by atoms with E-state index < -0.39 is 17.3 Å². The minimum Gasteiger partial charge on any atom is -0.306 e. The molecule has 0 unspecified atom stereocenters. The highest BCUT2D eigenvalue weighted by atomic mass is 19.4. The van der Waals surface area contributed by atoms with E-state index in [-0.39, 0.29) is 28.5 Å². The molecule has 3 aromatic rings. The fraction of sp³-hybridized carbons (Fsp3) is 0.0714. The molecule has 0 saturated carbocycles. The molecule has 7 nitrogen and oxygen atoms in total. The second-order valence-corrected chi connectivity index (χ2v) is 4.69. The maximum atomic E-state index is 12.6. The third-order valence-corrected chi connectivity index (χ3v) is 3.12. The van der Waals surface area contributed by atoms with Gasteiger partial charge in [-0.2, -0.15) is 28.7 Å². The molecule has 0 bridgehead atoms. The van der Waals surface area contributed by atoms with E-state index in [1.807, 2.05) is 0 Å². The molecule has 0 amide bonds. The lowest BCUT2D eigenvalue weighted by Gasteiger charge is -2.07. The van der Waals surface area contributed by atoms with E-state index in [1.165, 1.54) is 12.1 Å². The Morgan fingerprint density at radius 2 is 1.83 bits per heavy atom. The van der Waals surface area contributed by atoms with Crippen LogP contribution in [0.3, 0.4) is 0 Å². The third kappa shape index (κ3) is 2.87. The Morgan fingerprint density at radius 1 is 1.12 bits per heavy atom. The summed E-state index contributed by atoms with van der Waals surface area (Å²) in [7, 11) is 0. The number of nitrogens with one attached hydrogen (secondary N) is 2. The van der Waals surface area contributed by atoms with Crippen molar-refractivity contribution in [1.29, 1.82) is 5.26 Å². The van der Waals surface area contributed by atoms with Crippen LogP contribution in [0.25, 0.3) is 22.8 Å². The van der Waals surface area contributed by atoms with Crippen molar-refractivity contribution in [2.24, 2.45) is 0 Å². The summed E-state index contributed by atoms with van der Waals surface area (Å²) in [4.78, 5) is 18.4. The number of halogens is 3. The number of nitriles is 1. The molecule has 0 aliphatic carbocycles. The first-order valence-corrected chi connectivity index (χ1v) is 6.49. The van der Waals surface area contributed by atoms with Gasteiger partial charge in [-0.05, 0) is 12.1 Å². The highest BCUT2D eigenvalue weighted by Crippen LogP contribution is 2.30. The van der Waals surface area contributed by atoms with E-state index >= 15 is 0 Å². The zero-order valence-electron chi connectivity index (χ0n) is 11.7. The number of nitrogens with zero attached hydrogens (tertiary/aromatic N) is 4. The minimum atomic E-state index is -4.45. The first-order valence-electron chi connectivity index (χ1n) is 6.49. The predicted octanol–water partition coefficient (Wildman–Crippen LogP) is 2.11. The number of rotatable bonds is 2. The molecule has 0 spiro atoms. The lowest BCUT2D eigenvalue weighted by molar-refractivity contribution is -0.137. The highest BCUT2D eigenvalue weighted by Gasteiger charge is 2.30. The lowest BCUT2D eigenvalue weighted by atomic mass is 10.1. The molecule has 2 N–H and O–H groups in total. The molecule has 24 heavy (non-hydrogen) atoms. The van der Waals surface area contributed by atoms with Gasteiger partial charge in [0.25, 0.3) is 5.56 Å². The van der Waals surface area contributed by atoms with Gasteiger partial charge in [0.1, 0.15) is 23.3 Å². The molecule has 120 valence electrons. The Labute approximate surface area is 131 Å². The Kier molecular flexibility index (Phi) is 3.61. The summed E-state index contributed by atoms with van der Waals surface area (Å²) in [5.74, 6) is 0.0538. The van der Waals surface area contributed by atoms with Gasteiger partial charge in [0.2, 0.25) is 0 Å². The van der Waals surface area contributed by atoms with Gasteiger partial charge in [-0.1, -0.05) is 12.1 Å². The topological polar surface area (TPSA) is 111 Å². The van der Waals surface area contributed by atoms with E-state index in [0.717, 1.165) is 18.2 Å². The molecule has 2 aromatic heterocycles. The molecule has 0 radical (unpaired) electrons. The van der Waals surface area contributed by atoms with Crippen LogP contribution in [-0.2, 0) is 6.18 Å². The molecule has 0 aliphatic rings. The lowest BCUT2D eigenvalue weighted by Crippen LogP contribution is -2.09. The molecule has 0 saturated heterocycles. The van der Waals surface area contributed by atoms with E-state index in [1.54, 1.807) is 6.07 Å². The average Bonchev–Trinajstić information content (AvgIpc) is 3.02. The van der Waals surface area contributed by atoms with Crippen molar-refractivity contribution in [1.82, 2.24) is 25.4 Å². The van der Waals surface area contributed by atoms with Crippen molar-refractivity contribution < 1.29 is 13.2 Å². The first kappa shape index (κ1) is 15.4. The second kappa shape index (κ2) is 5.62. The van der Waals surface area contributed by atoms with E-state index in [2.05, 4.69) is 25.4 Å². The SMILES string of the molecule is N#Cc1n[nH]nc1-c1cc(=O)[nH]c(-c2ccc(C(F)(F)F)cc2)n1. The molecular weight excluding hydrogens is 325 g/mol. The van der Waals surface area contributed by atoms with Gasteiger partial charge in [0.15, 0.2) is 5.69 Å². The Morgan fingerprint density at radius 3 is 2.46 bits per heavy atom. The summed E-state index contributed by atoms with van der Waals surface area (Å²) >= 11 is 0. The summed E-state index contributed by atoms with van der Waals surface area (Å²) in [6, 6.07) is 7.07. The zero-order chi connectivity index (χ0) is 17.3. The number of hydrogen-bond acceptors (Lipinski definition) is 5. The number of H-pyrrole nitrogens is 2. The van der Waals surface area contributed by atoms with E-state index in [9.17, 15) is 18.0 Å². The van der Waals surface area contributed by atoms with Crippen LogP contribution in [0.1, 0.15) is 11.3 Å². The number of alkyl halides is 3. The largest absolute Gasteiger partial charge is 0.416 e. The van der Waals surface area contributed by atoms with Crippen molar-refractivity contribution >= 4 is 0 Å². The van der Waals surface area contributed by atoms with Crippen molar-refractivity contribution in [3.05, 3.63) is 51.9 Å². The van der Waals surface area contributed by atoms with Crippen LogP contribution in [0.5, 0.6) is 0 Å². The summed E-state index contributed by atoms with van der Waals surface area (Å²) in [5.41, 5.74) is -0.957. The summed E-state index contributed by atoms with van der Waals surface area (Å²) in [6.07, 6.45) is -4.45. The Balaban J connectivity index is 2.07. The van der Waals surface area contributed by atoms with Gasteiger partial charge >= 0.3 is 6.18 Å². The number of aromatic nitrogens is 5. The number of hydrogen-bond donors (Lipinski definition) is 2. The highest BCUT2D eigenvalue weighted by molar-refractivity contribution is 5.63. The summed E-state index contributed by atoms with van der Waals surface area (Å²) in [5, 5.41) is 18.6. The van der Waals surface area contributed by atoms with Gasteiger partial charge in [-0.25, -0.2) is 4.98 Å². The second-order valence-electron chi connectivity index (χ2n) is 4.69. The van der Waals surface area contributed by atoms with Gasteiger partial charge in [0, 0.05) is 11.6 Å². The van der Waals surface area contributed by atoms with Crippen molar-refractivity contribution in [2.45, 2.75) is 6.18 Å². The molecule has 3 rings (SSSR count). The van der Waals surface area contributed by atoms with Gasteiger partial charge < -0.3 is 4.98 Å². The summed E-state index contributed by atoms with van der Waals surface area (Å²) in [6.45, 7) is 0. The monoisotopic (exact) mass is 332 g/mol. The van der Waals surface area contributed by atoms with Crippen LogP contribution >= 0.6 is 0 Å². The minimum absolute atomic E-state index is 0.0496. The summed E-state index contributed by atoms with van der Waals surface area (Å²) < 4.78 is 37.8. The number of aromatic amines is 2. The predicted molar refractivity (Wildman–Crippen MR) is 75.4 cm³/mol. The van der Waals surface area contributed by atoms with Crippen LogP contribution in [0.2, 0.25) is 0 Å². The molecule has 1 aromatic carbocycles. The van der Waals surface area contributed by atoms with Crippen LogP contribution in [0.15, 0.2) is 35.1 Å². The fourth-order valence-corrected chi connectivity index (χ4v) is 2.02. The van der Waals surface area contributed by atoms with Crippen LogP contribution < -0.4 is 5.56 Å². The van der Waals surface area contributed by atoms with Crippen molar-refractivity contribution in [3.8, 4) is 28.8 Å². The number of benzene rings is 1. The molecule has 0 aliphatic heterocycles. The molecule has 10 heteroatoms. The van der Waals surface area contributed by atoms with Gasteiger partial charge in [-0.15, -0.1) is 5.10 Å². The quantitative estimate of drug-likeness (QED) is 0.746. The third-order valence-electron chi connectivity index (χ3n) is 3.12. The van der Waals surface area contributed by atoms with Crippen molar-refractivity contribution in [3.63, 3.8) is 0 Å². The zero-order valence-corrected chi connectivity index (χ0v) is 11.7. The van der Waals surface area contributed by atoms with Gasteiger partial charge in [0.05, 0.1) is 5.56 Å². The van der Waals surface area contributed by atoms with E-state index in [4.69, 9.17) is 5.26 Å². The Bertz CT molecular complexity index is 981. The van der Waals surface area contributed by atoms with Crippen LogP contribution in [0, 0.1) is 11.3 Å². The maximum Gasteiger partial charge on any atom is 0.416 e. The van der Waals surface area contributed by atoms with Crippen molar-refractivity contribution in [2.75, 3.05) is 0 Å². The standard InChI is InChI=1S/C14H7F3N6O/c15-14(16,17)8-3-1-7(2-4-8)13-19-9(5-11(24)20-13)12-10(6-18)21-23-22-12/h1-5H,(H,19,20,24)(H,21,22,23). The van der Waals surface area contributed by atoms with Crippen LogP contribution in [0.4, 0.5) is 13.2 Å². The van der Waals surface area contributed by atoms with E-state index in [0.29, 0.717) is 0 Å². The Hall–Kier alpha value is -3.48.